The summed E-state index contributed by atoms with van der Waals surface area (Å²) in [5.41, 5.74) is 0.953. The minimum atomic E-state index is 0.221. The van der Waals surface area contributed by atoms with E-state index in [1.165, 1.54) is 0 Å². The van der Waals surface area contributed by atoms with Crippen molar-refractivity contribution < 1.29 is 5.11 Å². The van der Waals surface area contributed by atoms with E-state index in [0.29, 0.717) is 0 Å². The first-order valence-electron chi connectivity index (χ1n) is 3.49. The molecule has 4 heteroatoms. The van der Waals surface area contributed by atoms with Gasteiger partial charge < -0.3 is 5.11 Å². The van der Waals surface area contributed by atoms with Crippen molar-refractivity contribution in [2.24, 2.45) is 0 Å². The maximum absolute atomic E-state index is 9.05. The zero-order valence-corrected chi connectivity index (χ0v) is 7.03. The summed E-state index contributed by atoms with van der Waals surface area (Å²) < 4.78 is 0. The summed E-state index contributed by atoms with van der Waals surface area (Å²) in [4.78, 5) is 3.99. The van der Waals surface area contributed by atoms with Crippen LogP contribution >= 0.6 is 11.9 Å². The van der Waals surface area contributed by atoms with Gasteiger partial charge in [0.15, 0.2) is 5.09 Å². The predicted molar refractivity (Wildman–Crippen MR) is 49.4 cm³/mol. The van der Waals surface area contributed by atoms with E-state index in [2.05, 4.69) is 4.83 Å². The summed E-state index contributed by atoms with van der Waals surface area (Å²) in [6.07, 6.45) is 1.58. The highest BCUT2D eigenvalue weighted by atomic mass is 32.2. The Bertz CT molecular complexity index is 299. The van der Waals surface area contributed by atoms with Gasteiger partial charge in [-0.05, 0) is 12.1 Å². The molecule has 0 aliphatic carbocycles. The highest BCUT2D eigenvalue weighted by Gasteiger charge is 2.14. The van der Waals surface area contributed by atoms with Crippen molar-refractivity contribution in [1.29, 1.82) is 0 Å². The number of hydrogen-bond donors (Lipinski definition) is 1. The number of nitrogens with zero attached hydrogens (tertiary/aromatic N) is 2. The molecule has 0 unspecified atom stereocenters. The van der Waals surface area contributed by atoms with Gasteiger partial charge in [0, 0.05) is 11.9 Å². The van der Waals surface area contributed by atoms with Crippen LogP contribution in [0.5, 0.6) is 0 Å². The van der Waals surface area contributed by atoms with Gasteiger partial charge in [-0.25, -0.2) is 0 Å². The van der Waals surface area contributed by atoms with Gasteiger partial charge in [0.1, 0.15) is 0 Å². The fourth-order valence-electron chi connectivity index (χ4n) is 0.940. The normalized spacial score (nSPS) is 16.3. The third-order valence-electron chi connectivity index (χ3n) is 1.48. The lowest BCUT2D eigenvalue weighted by Crippen LogP contribution is -2.16. The molecule has 0 saturated carbocycles. The van der Waals surface area contributed by atoms with E-state index >= 15 is 0 Å². The number of rotatable bonds is 1. The molecule has 2 rings (SSSR count). The molecule has 0 fully saturated rings. The highest BCUT2D eigenvalue weighted by Crippen LogP contribution is 2.24. The van der Waals surface area contributed by atoms with E-state index in [1.807, 2.05) is 30.3 Å². The fourth-order valence-corrected chi connectivity index (χ4v) is 1.40. The summed E-state index contributed by atoms with van der Waals surface area (Å²) in [6.45, 7) is 0. The molecule has 12 heavy (non-hydrogen) atoms. The van der Waals surface area contributed by atoms with E-state index in [0.717, 1.165) is 17.6 Å². The second-order valence-electron chi connectivity index (χ2n) is 2.32. The zero-order valence-electron chi connectivity index (χ0n) is 6.21. The van der Waals surface area contributed by atoms with Crippen LogP contribution in [-0.2, 0) is 0 Å². The third-order valence-corrected chi connectivity index (χ3v) is 2.03. The number of aliphatic hydroxyl groups excluding tert-OH is 1. The van der Waals surface area contributed by atoms with Crippen LogP contribution in [0.2, 0.25) is 0 Å². The maximum Gasteiger partial charge on any atom is 0.186 e. The summed E-state index contributed by atoms with van der Waals surface area (Å²) in [6, 6.07) is 9.66. The van der Waals surface area contributed by atoms with E-state index < -0.39 is 0 Å². The number of para-hydroxylation sites is 1. The number of benzene rings is 1. The minimum Gasteiger partial charge on any atom is -0.500 e. The van der Waals surface area contributed by atoms with Crippen LogP contribution < -0.4 is 9.84 Å². The summed E-state index contributed by atoms with van der Waals surface area (Å²) in [7, 11) is 0. The molecule has 1 heterocycles. The van der Waals surface area contributed by atoms with Crippen molar-refractivity contribution >= 4 is 17.6 Å². The van der Waals surface area contributed by atoms with Crippen molar-refractivity contribution in [1.82, 2.24) is 4.83 Å². The quantitative estimate of drug-likeness (QED) is 0.670. The van der Waals surface area contributed by atoms with E-state index in [1.54, 1.807) is 11.2 Å². The lowest BCUT2D eigenvalue weighted by molar-refractivity contribution is 0.457. The van der Waals surface area contributed by atoms with Crippen molar-refractivity contribution in [3.05, 3.63) is 41.6 Å². The molecule has 1 aliphatic heterocycles. The molecule has 61 valence electrons. The van der Waals surface area contributed by atoms with Gasteiger partial charge in [-0.3, -0.25) is 5.01 Å². The monoisotopic (exact) mass is 179 g/mol. The maximum atomic E-state index is 9.05. The van der Waals surface area contributed by atoms with Gasteiger partial charge >= 0.3 is 0 Å². The number of hydrogen-bond acceptors (Lipinski definition) is 3. The van der Waals surface area contributed by atoms with Crippen LogP contribution in [0.1, 0.15) is 0 Å². The van der Waals surface area contributed by atoms with Gasteiger partial charge in [0.05, 0.1) is 11.9 Å². The van der Waals surface area contributed by atoms with Gasteiger partial charge in [0.25, 0.3) is 0 Å². The van der Waals surface area contributed by atoms with E-state index in [4.69, 9.17) is 5.11 Å². The topological polar surface area (TPSA) is 37.6 Å². The molecule has 1 aromatic rings. The largest absolute Gasteiger partial charge is 0.500 e. The SMILES string of the molecule is OC1=CN(c2ccccc2)[N]S1. The first kappa shape index (κ1) is 7.52. The van der Waals surface area contributed by atoms with Crippen LogP contribution in [0.15, 0.2) is 41.6 Å². The standard InChI is InChI=1S/C8H7N2OS/c11-8-6-10(9-12-8)7-4-2-1-3-5-7/h1-6,11H. The van der Waals surface area contributed by atoms with Crippen molar-refractivity contribution in [3.8, 4) is 0 Å². The van der Waals surface area contributed by atoms with Gasteiger partial charge in [-0.1, -0.05) is 23.0 Å². The second-order valence-corrected chi connectivity index (χ2v) is 3.08. The lowest BCUT2D eigenvalue weighted by atomic mass is 10.3. The van der Waals surface area contributed by atoms with Crippen molar-refractivity contribution in [2.75, 3.05) is 5.01 Å². The molecule has 0 bridgehead atoms. The number of anilines is 1. The van der Waals surface area contributed by atoms with Crippen molar-refractivity contribution in [3.63, 3.8) is 0 Å². The van der Waals surface area contributed by atoms with Crippen LogP contribution in [0.3, 0.4) is 0 Å². The lowest BCUT2D eigenvalue weighted by Gasteiger charge is -2.10. The fraction of sp³-hybridized carbons (Fsp3) is 0. The average Bonchev–Trinajstić information content (AvgIpc) is 2.54. The Morgan fingerprint density at radius 1 is 1.25 bits per heavy atom. The Balaban J connectivity index is 2.22. The molecular weight excluding hydrogens is 172 g/mol. The molecule has 0 spiro atoms. The number of aliphatic hydroxyl groups is 1. The zero-order chi connectivity index (χ0) is 8.39. The highest BCUT2D eigenvalue weighted by molar-refractivity contribution is 8.01. The summed E-state index contributed by atoms with van der Waals surface area (Å²) >= 11 is 1.07. The smallest absolute Gasteiger partial charge is 0.186 e. The molecular formula is C8H7N2OS. The van der Waals surface area contributed by atoms with E-state index in [9.17, 15) is 0 Å². The molecule has 1 N–H and O–H groups in total. The Kier molecular flexibility index (Phi) is 1.93. The molecule has 0 amide bonds. The first-order valence-corrected chi connectivity index (χ1v) is 4.26. The molecule has 1 aliphatic rings. The summed E-state index contributed by atoms with van der Waals surface area (Å²) in [5.74, 6) is 0. The molecule has 0 atom stereocenters. The van der Waals surface area contributed by atoms with Gasteiger partial charge in [-0.2, -0.15) is 0 Å². The van der Waals surface area contributed by atoms with Crippen LogP contribution in [0.25, 0.3) is 0 Å². The molecule has 0 aromatic heterocycles. The van der Waals surface area contributed by atoms with Crippen LogP contribution in [0, 0.1) is 0 Å². The molecule has 1 radical (unpaired) electrons. The third kappa shape index (κ3) is 1.39. The van der Waals surface area contributed by atoms with E-state index in [-0.39, 0.29) is 5.09 Å². The van der Waals surface area contributed by atoms with Crippen molar-refractivity contribution in [2.45, 2.75) is 0 Å². The molecule has 1 aromatic carbocycles. The minimum absolute atomic E-state index is 0.221. The Labute approximate surface area is 74.8 Å². The Hall–Kier alpha value is -1.13. The second kappa shape index (κ2) is 3.08. The predicted octanol–water partition coefficient (Wildman–Crippen LogP) is 2.03. The Morgan fingerprint density at radius 3 is 2.58 bits per heavy atom. The molecule has 0 saturated heterocycles. The summed E-state index contributed by atoms with van der Waals surface area (Å²) in [5, 5.41) is 10.9. The first-order chi connectivity index (χ1) is 5.86. The van der Waals surface area contributed by atoms with Gasteiger partial charge in [-0.15, -0.1) is 0 Å². The Morgan fingerprint density at radius 2 is 2.00 bits per heavy atom. The molecule has 3 nitrogen and oxygen atoms in total. The van der Waals surface area contributed by atoms with Crippen LogP contribution in [0.4, 0.5) is 5.69 Å². The van der Waals surface area contributed by atoms with Crippen LogP contribution in [-0.4, -0.2) is 5.11 Å². The van der Waals surface area contributed by atoms with Gasteiger partial charge in [0.2, 0.25) is 0 Å². The average molecular weight is 179 g/mol.